The van der Waals surface area contributed by atoms with Gasteiger partial charge in [0.1, 0.15) is 11.6 Å². The fraction of sp³-hybridized carbons (Fsp3) is 0.200. The van der Waals surface area contributed by atoms with E-state index in [0.29, 0.717) is 22.3 Å². The van der Waals surface area contributed by atoms with Crippen molar-refractivity contribution in [1.82, 2.24) is 9.47 Å². The minimum absolute atomic E-state index is 0.0829. The zero-order valence-electron chi connectivity index (χ0n) is 18.4. The summed E-state index contributed by atoms with van der Waals surface area (Å²) in [5, 5.41) is 0.636. The second-order valence-electron chi connectivity index (χ2n) is 7.37. The Morgan fingerprint density at radius 3 is 2.50 bits per heavy atom. The van der Waals surface area contributed by atoms with Gasteiger partial charge in [-0.05, 0) is 86.6 Å². The number of methoxy groups -OCH3 is 1. The fourth-order valence-electron chi connectivity index (χ4n) is 3.72. The van der Waals surface area contributed by atoms with Crippen LogP contribution in [0.1, 0.15) is 23.9 Å². The van der Waals surface area contributed by atoms with Gasteiger partial charge in [0.25, 0.3) is 5.91 Å². The zero-order valence-corrected chi connectivity index (χ0v) is 19.2. The van der Waals surface area contributed by atoms with E-state index in [1.165, 1.54) is 17.8 Å². The van der Waals surface area contributed by atoms with Crippen molar-refractivity contribution < 1.29 is 13.9 Å². The second-order valence-corrected chi connectivity index (χ2v) is 8.37. The Hall–Kier alpha value is -3.32. The van der Waals surface area contributed by atoms with Gasteiger partial charge in [-0.2, -0.15) is 0 Å². The summed E-state index contributed by atoms with van der Waals surface area (Å²) in [7, 11) is 1.62. The van der Waals surface area contributed by atoms with Gasteiger partial charge in [-0.1, -0.05) is 12.1 Å². The number of aliphatic imine (C=N–C) groups is 1. The highest BCUT2D eigenvalue weighted by atomic mass is 32.2. The number of nitrogens with zero attached hydrogens (tertiary/aromatic N) is 3. The third-order valence-corrected chi connectivity index (χ3v) is 6.36. The average molecular weight is 450 g/mol. The summed E-state index contributed by atoms with van der Waals surface area (Å²) < 4.78 is 21.5. The lowest BCUT2D eigenvalue weighted by molar-refractivity contribution is -0.122. The van der Waals surface area contributed by atoms with E-state index in [-0.39, 0.29) is 11.7 Å². The largest absolute Gasteiger partial charge is 0.497 e. The van der Waals surface area contributed by atoms with Gasteiger partial charge in [0, 0.05) is 17.9 Å². The maximum absolute atomic E-state index is 14.4. The first-order valence-electron chi connectivity index (χ1n) is 10.3. The quantitative estimate of drug-likeness (QED) is 0.458. The molecule has 0 atom stereocenters. The Morgan fingerprint density at radius 2 is 1.84 bits per heavy atom. The molecule has 1 fully saturated rings. The molecule has 0 aliphatic carbocycles. The normalized spacial score (nSPS) is 16.4. The summed E-state index contributed by atoms with van der Waals surface area (Å²) in [4.78, 5) is 20.0. The number of carbonyl (C=O) groups excluding carboxylic acids is 1. The third kappa shape index (κ3) is 4.08. The number of amides is 1. The van der Waals surface area contributed by atoms with Crippen molar-refractivity contribution >= 4 is 34.6 Å². The van der Waals surface area contributed by atoms with Crippen LogP contribution in [0.3, 0.4) is 0 Å². The smallest absolute Gasteiger partial charge is 0.266 e. The highest BCUT2D eigenvalue weighted by Crippen LogP contribution is 2.35. The Bertz CT molecular complexity index is 1230. The van der Waals surface area contributed by atoms with Crippen LogP contribution < -0.4 is 4.74 Å². The maximum atomic E-state index is 14.4. The van der Waals surface area contributed by atoms with Crippen molar-refractivity contribution in [2.24, 2.45) is 4.99 Å². The fourth-order valence-corrected chi connectivity index (χ4v) is 4.77. The van der Waals surface area contributed by atoms with E-state index in [0.717, 1.165) is 28.4 Å². The predicted octanol–water partition coefficient (Wildman–Crippen LogP) is 5.87. The van der Waals surface area contributed by atoms with Crippen LogP contribution in [0.4, 0.5) is 10.1 Å². The maximum Gasteiger partial charge on any atom is 0.266 e. The van der Waals surface area contributed by atoms with Crippen LogP contribution in [0.2, 0.25) is 0 Å². The number of aryl methyl sites for hydroxylation is 1. The SMILES string of the molecule is CCN1C(=O)/C(=C\c2cc(C)n(-c3ccccc3F)c2C)SC1=Nc1ccc(OC)cc1. The van der Waals surface area contributed by atoms with Crippen LogP contribution in [-0.2, 0) is 4.79 Å². The molecule has 1 amide bonds. The number of halogens is 1. The highest BCUT2D eigenvalue weighted by Gasteiger charge is 2.32. The van der Waals surface area contributed by atoms with Crippen LogP contribution >= 0.6 is 11.8 Å². The molecule has 1 aliphatic rings. The van der Waals surface area contributed by atoms with E-state index >= 15 is 0 Å². The molecular weight excluding hydrogens is 425 g/mol. The highest BCUT2D eigenvalue weighted by molar-refractivity contribution is 8.18. The van der Waals surface area contributed by atoms with E-state index in [2.05, 4.69) is 4.99 Å². The van der Waals surface area contributed by atoms with Gasteiger partial charge in [-0.3, -0.25) is 9.69 Å². The lowest BCUT2D eigenvalue weighted by Gasteiger charge is -2.12. The molecule has 0 bridgehead atoms. The van der Waals surface area contributed by atoms with Crippen LogP contribution in [0, 0.1) is 19.7 Å². The Labute approximate surface area is 191 Å². The van der Waals surface area contributed by atoms with E-state index in [9.17, 15) is 9.18 Å². The van der Waals surface area contributed by atoms with Gasteiger partial charge in [-0.25, -0.2) is 9.38 Å². The molecule has 1 saturated heterocycles. The lowest BCUT2D eigenvalue weighted by Crippen LogP contribution is -2.28. The van der Waals surface area contributed by atoms with E-state index in [1.54, 1.807) is 24.1 Å². The Kier molecular flexibility index (Phi) is 6.19. The topological polar surface area (TPSA) is 46.8 Å². The summed E-state index contributed by atoms with van der Waals surface area (Å²) in [6.45, 7) is 6.31. The predicted molar refractivity (Wildman–Crippen MR) is 128 cm³/mol. The number of ether oxygens (including phenoxy) is 1. The van der Waals surface area contributed by atoms with Crippen molar-refractivity contribution in [1.29, 1.82) is 0 Å². The number of carbonyl (C=O) groups is 1. The number of rotatable bonds is 5. The number of thioether (sulfide) groups is 1. The molecule has 7 heteroatoms. The number of para-hydroxylation sites is 1. The van der Waals surface area contributed by atoms with Crippen molar-refractivity contribution in [2.45, 2.75) is 20.8 Å². The number of amidine groups is 1. The molecular formula is C25H24FN3O2S. The molecule has 1 aromatic heterocycles. The number of hydrogen-bond donors (Lipinski definition) is 0. The summed E-state index contributed by atoms with van der Waals surface area (Å²) in [6, 6.07) is 16.0. The van der Waals surface area contributed by atoms with Gasteiger partial charge in [-0.15, -0.1) is 0 Å². The van der Waals surface area contributed by atoms with Gasteiger partial charge in [0.15, 0.2) is 5.17 Å². The van der Waals surface area contributed by atoms with E-state index in [1.807, 2.05) is 67.8 Å². The molecule has 0 spiro atoms. The molecule has 164 valence electrons. The van der Waals surface area contributed by atoms with Crippen molar-refractivity contribution in [3.8, 4) is 11.4 Å². The van der Waals surface area contributed by atoms with Crippen molar-refractivity contribution in [3.63, 3.8) is 0 Å². The standard InChI is InChI=1S/C25H24FN3O2S/c1-5-28-24(30)23(32-25(28)27-19-10-12-20(31-4)13-11-19)15-18-14-16(2)29(17(18)3)22-9-7-6-8-21(22)26/h6-15H,5H2,1-4H3/b23-15+,27-25?. The first kappa shape index (κ1) is 21.9. The minimum Gasteiger partial charge on any atom is -0.497 e. The van der Waals surface area contributed by atoms with E-state index < -0.39 is 0 Å². The Balaban J connectivity index is 1.69. The van der Waals surface area contributed by atoms with Crippen LogP contribution in [0.5, 0.6) is 5.75 Å². The van der Waals surface area contributed by atoms with Crippen LogP contribution in [-0.4, -0.2) is 34.2 Å². The lowest BCUT2D eigenvalue weighted by atomic mass is 10.2. The first-order chi connectivity index (χ1) is 15.4. The number of benzene rings is 2. The second kappa shape index (κ2) is 9.04. The average Bonchev–Trinajstić information content (AvgIpc) is 3.23. The van der Waals surface area contributed by atoms with Crippen molar-refractivity contribution in [3.05, 3.63) is 82.3 Å². The number of aromatic nitrogens is 1. The molecule has 2 heterocycles. The summed E-state index contributed by atoms with van der Waals surface area (Å²) in [5.74, 6) is 0.383. The van der Waals surface area contributed by atoms with Gasteiger partial charge >= 0.3 is 0 Å². The number of hydrogen-bond acceptors (Lipinski definition) is 4. The summed E-state index contributed by atoms with van der Waals surface area (Å²) in [5.41, 5.74) is 3.89. The first-order valence-corrected chi connectivity index (χ1v) is 11.1. The zero-order chi connectivity index (χ0) is 22.8. The molecule has 32 heavy (non-hydrogen) atoms. The summed E-state index contributed by atoms with van der Waals surface area (Å²) >= 11 is 1.35. The molecule has 0 saturated carbocycles. The molecule has 5 nitrogen and oxygen atoms in total. The number of likely N-dealkylation sites (N-methyl/N-ethyl adjacent to an activating group) is 1. The molecule has 0 radical (unpaired) electrons. The van der Waals surface area contributed by atoms with Crippen LogP contribution in [0.25, 0.3) is 11.8 Å². The van der Waals surface area contributed by atoms with Gasteiger partial charge < -0.3 is 9.30 Å². The van der Waals surface area contributed by atoms with E-state index in [4.69, 9.17) is 4.74 Å². The summed E-state index contributed by atoms with van der Waals surface area (Å²) in [6.07, 6.45) is 1.87. The monoisotopic (exact) mass is 449 g/mol. The molecule has 4 rings (SSSR count). The third-order valence-electron chi connectivity index (χ3n) is 5.35. The Morgan fingerprint density at radius 1 is 1.12 bits per heavy atom. The molecule has 3 aromatic rings. The van der Waals surface area contributed by atoms with Crippen molar-refractivity contribution in [2.75, 3.05) is 13.7 Å². The molecule has 0 N–H and O–H groups in total. The van der Waals surface area contributed by atoms with Crippen LogP contribution in [0.15, 0.2) is 64.5 Å². The molecule has 1 aliphatic heterocycles. The molecule has 0 unspecified atom stereocenters. The van der Waals surface area contributed by atoms with Gasteiger partial charge in [0.2, 0.25) is 0 Å². The van der Waals surface area contributed by atoms with Gasteiger partial charge in [0.05, 0.1) is 23.4 Å². The minimum atomic E-state index is -0.286. The molecule has 2 aromatic carbocycles.